The van der Waals surface area contributed by atoms with Crippen LogP contribution >= 0.6 is 0 Å². The summed E-state index contributed by atoms with van der Waals surface area (Å²) < 4.78 is 0. The highest BCUT2D eigenvalue weighted by molar-refractivity contribution is 5.94. The largest absolute Gasteiger partial charge is 0.352 e. The van der Waals surface area contributed by atoms with Gasteiger partial charge >= 0.3 is 0 Å². The van der Waals surface area contributed by atoms with E-state index in [-0.39, 0.29) is 17.2 Å². The SMILES string of the molecule is CCC1CCCN(C(=O)c2ccc(CNC(=O)C34CC5CC(CC(C5)C3)C4)cc2)C1. The van der Waals surface area contributed by atoms with E-state index in [4.69, 9.17) is 0 Å². The van der Waals surface area contributed by atoms with Crippen LogP contribution in [0.1, 0.15) is 80.6 Å². The Balaban J connectivity index is 1.18. The highest BCUT2D eigenvalue weighted by Crippen LogP contribution is 2.60. The molecule has 0 spiro atoms. The van der Waals surface area contributed by atoms with E-state index >= 15 is 0 Å². The number of piperidine rings is 1. The molecule has 30 heavy (non-hydrogen) atoms. The van der Waals surface area contributed by atoms with Crippen molar-refractivity contribution in [1.82, 2.24) is 10.2 Å². The van der Waals surface area contributed by atoms with Crippen LogP contribution in [0, 0.1) is 29.1 Å². The smallest absolute Gasteiger partial charge is 0.253 e. The van der Waals surface area contributed by atoms with Gasteiger partial charge in [0.25, 0.3) is 5.91 Å². The number of rotatable bonds is 5. The van der Waals surface area contributed by atoms with E-state index in [9.17, 15) is 9.59 Å². The summed E-state index contributed by atoms with van der Waals surface area (Å²) in [6.45, 7) is 4.54. The van der Waals surface area contributed by atoms with Gasteiger partial charge in [0.15, 0.2) is 0 Å². The summed E-state index contributed by atoms with van der Waals surface area (Å²) in [4.78, 5) is 28.0. The molecule has 1 atom stereocenters. The molecule has 1 saturated heterocycles. The van der Waals surface area contributed by atoms with Crippen molar-refractivity contribution in [1.29, 1.82) is 0 Å². The number of likely N-dealkylation sites (tertiary alicyclic amines) is 1. The number of nitrogens with one attached hydrogen (secondary N) is 1. The first-order valence-corrected chi connectivity index (χ1v) is 12.2. The van der Waals surface area contributed by atoms with E-state index < -0.39 is 0 Å². The molecule has 2 amide bonds. The quantitative estimate of drug-likeness (QED) is 0.762. The minimum absolute atomic E-state index is 0.0886. The van der Waals surface area contributed by atoms with Crippen LogP contribution in [0.5, 0.6) is 0 Å². The lowest BCUT2D eigenvalue weighted by Crippen LogP contribution is -2.53. The minimum Gasteiger partial charge on any atom is -0.352 e. The summed E-state index contributed by atoms with van der Waals surface area (Å²) in [6.07, 6.45) is 10.9. The average Bonchev–Trinajstić information content (AvgIpc) is 2.76. The second kappa shape index (κ2) is 8.01. The highest BCUT2D eigenvalue weighted by atomic mass is 16.2. The molecule has 1 aliphatic heterocycles. The summed E-state index contributed by atoms with van der Waals surface area (Å²) in [5.74, 6) is 3.43. The van der Waals surface area contributed by atoms with Crippen molar-refractivity contribution in [2.75, 3.05) is 13.1 Å². The Morgan fingerprint density at radius 1 is 1.03 bits per heavy atom. The third-order valence-corrected chi connectivity index (χ3v) is 8.56. The van der Waals surface area contributed by atoms with Crippen LogP contribution in [0.2, 0.25) is 0 Å². The fourth-order valence-electron chi connectivity index (χ4n) is 7.29. The molecule has 1 aromatic rings. The first-order chi connectivity index (χ1) is 14.5. The number of hydrogen-bond acceptors (Lipinski definition) is 2. The van der Waals surface area contributed by atoms with Crippen molar-refractivity contribution >= 4 is 11.8 Å². The average molecular weight is 409 g/mol. The summed E-state index contributed by atoms with van der Waals surface area (Å²) in [5, 5.41) is 3.25. The molecule has 4 heteroatoms. The predicted octanol–water partition coefficient (Wildman–Crippen LogP) is 4.78. The van der Waals surface area contributed by atoms with Gasteiger partial charge in [-0.1, -0.05) is 25.5 Å². The van der Waals surface area contributed by atoms with Gasteiger partial charge in [-0.3, -0.25) is 9.59 Å². The standard InChI is InChI=1S/C26H36N2O2/c1-2-18-4-3-9-28(17-18)24(29)23-7-5-19(6-8-23)16-27-25(30)26-13-20-10-21(14-26)12-22(11-20)15-26/h5-8,18,20-22H,2-4,9-17H2,1H3,(H,27,30). The second-order valence-corrected chi connectivity index (χ2v) is 10.7. The molecule has 4 saturated carbocycles. The molecule has 4 bridgehead atoms. The lowest BCUT2D eigenvalue weighted by Gasteiger charge is -2.55. The summed E-state index contributed by atoms with van der Waals surface area (Å²) >= 11 is 0. The maximum Gasteiger partial charge on any atom is 0.253 e. The Bertz CT molecular complexity index is 764. The van der Waals surface area contributed by atoms with Crippen LogP contribution in [-0.2, 0) is 11.3 Å². The molecule has 0 radical (unpaired) electrons. The topological polar surface area (TPSA) is 49.4 Å². The van der Waals surface area contributed by atoms with Crippen molar-refractivity contribution in [3.05, 3.63) is 35.4 Å². The molecule has 1 aromatic carbocycles. The lowest BCUT2D eigenvalue weighted by atomic mass is 9.49. The minimum atomic E-state index is -0.0886. The summed E-state index contributed by atoms with van der Waals surface area (Å²) in [6, 6.07) is 7.89. The molecular formula is C26H36N2O2. The zero-order valence-electron chi connectivity index (χ0n) is 18.4. The molecule has 6 rings (SSSR count). The van der Waals surface area contributed by atoms with Gasteiger partial charge in [-0.2, -0.15) is 0 Å². The van der Waals surface area contributed by atoms with Gasteiger partial charge in [0, 0.05) is 30.6 Å². The molecule has 5 aliphatic rings. The van der Waals surface area contributed by atoms with E-state index in [0.717, 1.165) is 74.1 Å². The van der Waals surface area contributed by atoms with Gasteiger partial charge in [0.2, 0.25) is 5.91 Å². The predicted molar refractivity (Wildman–Crippen MR) is 118 cm³/mol. The molecule has 5 fully saturated rings. The van der Waals surface area contributed by atoms with Crippen molar-refractivity contribution in [3.63, 3.8) is 0 Å². The molecule has 1 N–H and O–H groups in total. The monoisotopic (exact) mass is 408 g/mol. The van der Waals surface area contributed by atoms with Crippen LogP contribution < -0.4 is 5.32 Å². The maximum absolute atomic E-state index is 13.1. The summed E-state index contributed by atoms with van der Waals surface area (Å²) in [7, 11) is 0. The Hall–Kier alpha value is -1.84. The Morgan fingerprint density at radius 3 is 2.27 bits per heavy atom. The zero-order chi connectivity index (χ0) is 20.7. The lowest BCUT2D eigenvalue weighted by molar-refractivity contribution is -0.146. The second-order valence-electron chi connectivity index (χ2n) is 10.7. The van der Waals surface area contributed by atoms with Crippen molar-refractivity contribution in [3.8, 4) is 0 Å². The van der Waals surface area contributed by atoms with Crippen molar-refractivity contribution < 1.29 is 9.59 Å². The van der Waals surface area contributed by atoms with E-state index in [0.29, 0.717) is 12.5 Å². The van der Waals surface area contributed by atoms with Crippen LogP contribution in [0.4, 0.5) is 0 Å². The van der Waals surface area contributed by atoms with Gasteiger partial charge < -0.3 is 10.2 Å². The van der Waals surface area contributed by atoms with E-state index in [1.165, 1.54) is 25.7 Å². The molecule has 1 heterocycles. The third-order valence-electron chi connectivity index (χ3n) is 8.56. The van der Waals surface area contributed by atoms with E-state index in [1.807, 2.05) is 29.2 Å². The van der Waals surface area contributed by atoms with Gasteiger partial charge in [-0.15, -0.1) is 0 Å². The van der Waals surface area contributed by atoms with Crippen LogP contribution in [0.3, 0.4) is 0 Å². The zero-order valence-corrected chi connectivity index (χ0v) is 18.4. The van der Waals surface area contributed by atoms with Crippen molar-refractivity contribution in [2.24, 2.45) is 29.1 Å². The van der Waals surface area contributed by atoms with Crippen LogP contribution in [0.15, 0.2) is 24.3 Å². The van der Waals surface area contributed by atoms with Gasteiger partial charge in [0.1, 0.15) is 0 Å². The van der Waals surface area contributed by atoms with Gasteiger partial charge in [-0.25, -0.2) is 0 Å². The Kier molecular flexibility index (Phi) is 5.37. The van der Waals surface area contributed by atoms with E-state index in [2.05, 4.69) is 12.2 Å². The van der Waals surface area contributed by atoms with Gasteiger partial charge in [0.05, 0.1) is 0 Å². The van der Waals surface area contributed by atoms with Crippen molar-refractivity contribution in [2.45, 2.75) is 71.3 Å². The molecule has 0 aromatic heterocycles. The number of amides is 2. The number of hydrogen-bond donors (Lipinski definition) is 1. The maximum atomic E-state index is 13.1. The van der Waals surface area contributed by atoms with E-state index in [1.54, 1.807) is 0 Å². The third kappa shape index (κ3) is 3.78. The molecule has 1 unspecified atom stereocenters. The fourth-order valence-corrected chi connectivity index (χ4v) is 7.29. The first kappa shape index (κ1) is 20.1. The van der Waals surface area contributed by atoms with Crippen LogP contribution in [-0.4, -0.2) is 29.8 Å². The Morgan fingerprint density at radius 2 is 1.67 bits per heavy atom. The number of carbonyl (C=O) groups excluding carboxylic acids is 2. The molecule has 4 nitrogen and oxygen atoms in total. The molecular weight excluding hydrogens is 372 g/mol. The molecule has 4 aliphatic carbocycles. The number of benzene rings is 1. The fraction of sp³-hybridized carbons (Fsp3) is 0.692. The number of nitrogens with zero attached hydrogens (tertiary/aromatic N) is 1. The van der Waals surface area contributed by atoms with Crippen LogP contribution in [0.25, 0.3) is 0 Å². The van der Waals surface area contributed by atoms with Gasteiger partial charge in [-0.05, 0) is 92.7 Å². The Labute approximate surface area is 180 Å². The summed E-state index contributed by atoms with van der Waals surface area (Å²) in [5.41, 5.74) is 1.76. The molecule has 162 valence electrons. The highest BCUT2D eigenvalue weighted by Gasteiger charge is 2.54. The first-order valence-electron chi connectivity index (χ1n) is 12.2. The number of carbonyl (C=O) groups is 2. The normalized spacial score (nSPS) is 34.8.